The van der Waals surface area contributed by atoms with Gasteiger partial charge in [0.2, 0.25) is 0 Å². The molecule has 148 valence electrons. The van der Waals surface area contributed by atoms with Crippen LogP contribution in [0.5, 0.6) is 11.5 Å². The monoisotopic (exact) mass is 563 g/mol. The Balaban J connectivity index is 0.00000300. The normalized spacial score (nSPS) is 10.8. The largest absolute Gasteiger partial charge is 0.507 e. The third kappa shape index (κ3) is 5.63. The van der Waals surface area contributed by atoms with Crippen LogP contribution in [-0.2, 0) is 21.1 Å². The minimum atomic E-state index is 0. The first-order valence-electron chi connectivity index (χ1n) is 8.69. The van der Waals surface area contributed by atoms with Gasteiger partial charge in [-0.05, 0) is 47.5 Å². The average molecular weight is 564 g/mol. The molecule has 3 rings (SSSR count). The number of phenols is 2. The zero-order valence-electron chi connectivity index (χ0n) is 15.6. The summed E-state index contributed by atoms with van der Waals surface area (Å²) in [6.07, 6.45) is 6.59. The van der Waals surface area contributed by atoms with Crippen LogP contribution in [0.2, 0.25) is 0 Å². The van der Waals surface area contributed by atoms with Gasteiger partial charge in [-0.1, -0.05) is 49.6 Å². The fraction of sp³-hybridized carbons (Fsp3) is 0. The van der Waals surface area contributed by atoms with Crippen molar-refractivity contribution in [2.24, 2.45) is 9.98 Å². The van der Waals surface area contributed by atoms with E-state index in [4.69, 9.17) is 0 Å². The Hall–Kier alpha value is -3.23. The van der Waals surface area contributed by atoms with Crippen molar-refractivity contribution >= 4 is 36.0 Å². The first kappa shape index (κ1) is 22.1. The molecule has 2 N–H and O–H groups in total. The molecule has 0 aliphatic rings. The summed E-state index contributed by atoms with van der Waals surface area (Å²) in [7, 11) is 0. The maximum atomic E-state index is 10.0. The third-order valence-corrected chi connectivity index (χ3v) is 4.14. The molecule has 3 aromatic rings. The van der Waals surface area contributed by atoms with Gasteiger partial charge in [0.1, 0.15) is 11.5 Å². The van der Waals surface area contributed by atoms with Gasteiger partial charge in [0.25, 0.3) is 0 Å². The van der Waals surface area contributed by atoms with Gasteiger partial charge in [-0.15, -0.1) is 0 Å². The SMILES string of the molecule is C=Cc1ccc(O)c(C=Nc2ccccc2N=Cc2cc(C=C)ccc2O)c1.[Pt]. The molecule has 0 aromatic heterocycles. The van der Waals surface area contributed by atoms with Crippen molar-refractivity contribution in [3.63, 3.8) is 0 Å². The molecular formula is C24H20N2O2Pt. The zero-order valence-corrected chi connectivity index (χ0v) is 17.9. The molecule has 4 nitrogen and oxygen atoms in total. The van der Waals surface area contributed by atoms with Gasteiger partial charge >= 0.3 is 0 Å². The first-order valence-corrected chi connectivity index (χ1v) is 8.69. The van der Waals surface area contributed by atoms with E-state index < -0.39 is 0 Å². The van der Waals surface area contributed by atoms with E-state index in [0.29, 0.717) is 22.5 Å². The van der Waals surface area contributed by atoms with E-state index in [1.54, 1.807) is 61.0 Å². The quantitative estimate of drug-likeness (QED) is 0.368. The summed E-state index contributed by atoms with van der Waals surface area (Å²) >= 11 is 0. The van der Waals surface area contributed by atoms with E-state index in [2.05, 4.69) is 23.1 Å². The summed E-state index contributed by atoms with van der Waals surface area (Å²) in [5.41, 5.74) is 4.24. The topological polar surface area (TPSA) is 65.2 Å². The van der Waals surface area contributed by atoms with Crippen LogP contribution < -0.4 is 0 Å². The maximum Gasteiger partial charge on any atom is 0.124 e. The molecule has 0 heterocycles. The summed E-state index contributed by atoms with van der Waals surface area (Å²) in [5, 5.41) is 20.0. The fourth-order valence-corrected chi connectivity index (χ4v) is 2.57. The van der Waals surface area contributed by atoms with Crippen molar-refractivity contribution < 1.29 is 31.3 Å². The molecule has 0 amide bonds. The molecular weight excluding hydrogens is 543 g/mol. The van der Waals surface area contributed by atoms with Crippen LogP contribution in [0.1, 0.15) is 22.3 Å². The van der Waals surface area contributed by atoms with E-state index in [1.807, 2.05) is 24.3 Å². The number of nitrogens with zero attached hydrogens (tertiary/aromatic N) is 2. The minimum Gasteiger partial charge on any atom is -0.507 e. The van der Waals surface area contributed by atoms with E-state index >= 15 is 0 Å². The molecule has 5 heteroatoms. The van der Waals surface area contributed by atoms with E-state index in [-0.39, 0.29) is 32.6 Å². The number of para-hydroxylation sites is 2. The summed E-state index contributed by atoms with van der Waals surface area (Å²) in [6, 6.07) is 17.8. The molecule has 29 heavy (non-hydrogen) atoms. The van der Waals surface area contributed by atoms with Crippen LogP contribution in [0, 0.1) is 0 Å². The predicted molar refractivity (Wildman–Crippen MR) is 117 cm³/mol. The van der Waals surface area contributed by atoms with Crippen molar-refractivity contribution in [2.75, 3.05) is 0 Å². The molecule has 0 spiro atoms. The second kappa shape index (κ2) is 10.4. The van der Waals surface area contributed by atoms with Crippen LogP contribution in [0.15, 0.2) is 83.8 Å². The summed E-state index contributed by atoms with van der Waals surface area (Å²) in [5.74, 6) is 0.281. The number of benzene rings is 3. The van der Waals surface area contributed by atoms with Gasteiger partial charge in [0.05, 0.1) is 11.4 Å². The van der Waals surface area contributed by atoms with Gasteiger partial charge in [0, 0.05) is 44.6 Å². The Kier molecular flexibility index (Phi) is 7.87. The standard InChI is InChI=1S/C24H20N2O2.Pt/c1-3-17-9-11-23(27)19(13-17)15-25-21-7-5-6-8-22(21)26-16-20-14-18(4-2)10-12-24(20)28;/h3-16,27-28H,1-2H2;. The smallest absolute Gasteiger partial charge is 0.124 e. The molecule has 3 aromatic carbocycles. The van der Waals surface area contributed by atoms with Gasteiger partial charge in [0.15, 0.2) is 0 Å². The van der Waals surface area contributed by atoms with Gasteiger partial charge in [-0.3, -0.25) is 9.98 Å². The molecule has 0 aliphatic carbocycles. The molecule has 0 atom stereocenters. The molecule has 0 saturated carbocycles. The molecule has 0 bridgehead atoms. The molecule has 0 fully saturated rings. The van der Waals surface area contributed by atoms with Gasteiger partial charge < -0.3 is 10.2 Å². The Bertz CT molecular complexity index is 1000. The van der Waals surface area contributed by atoms with Crippen molar-refractivity contribution in [3.05, 3.63) is 96.1 Å². The average Bonchev–Trinajstić information content (AvgIpc) is 2.73. The van der Waals surface area contributed by atoms with Crippen LogP contribution >= 0.6 is 0 Å². The second-order valence-electron chi connectivity index (χ2n) is 6.05. The van der Waals surface area contributed by atoms with Gasteiger partial charge in [-0.2, -0.15) is 0 Å². The van der Waals surface area contributed by atoms with Crippen molar-refractivity contribution in [1.29, 1.82) is 0 Å². The first-order chi connectivity index (χ1) is 13.6. The van der Waals surface area contributed by atoms with Gasteiger partial charge in [-0.25, -0.2) is 0 Å². The van der Waals surface area contributed by atoms with E-state index in [0.717, 1.165) is 11.1 Å². The Morgan fingerprint density at radius 1 is 0.655 bits per heavy atom. The molecule has 0 radical (unpaired) electrons. The van der Waals surface area contributed by atoms with Crippen LogP contribution in [0.25, 0.3) is 12.2 Å². The Morgan fingerprint density at radius 3 is 1.45 bits per heavy atom. The number of hydrogen-bond acceptors (Lipinski definition) is 4. The molecule has 0 saturated heterocycles. The molecule has 0 aliphatic heterocycles. The third-order valence-electron chi connectivity index (χ3n) is 4.14. The van der Waals surface area contributed by atoms with Crippen molar-refractivity contribution in [3.8, 4) is 11.5 Å². The number of aliphatic imine (C=N–C) groups is 2. The Morgan fingerprint density at radius 2 is 1.07 bits per heavy atom. The van der Waals surface area contributed by atoms with Crippen LogP contribution in [0.3, 0.4) is 0 Å². The number of aromatic hydroxyl groups is 2. The van der Waals surface area contributed by atoms with E-state index in [9.17, 15) is 10.2 Å². The van der Waals surface area contributed by atoms with Crippen LogP contribution in [-0.4, -0.2) is 22.6 Å². The van der Waals surface area contributed by atoms with Crippen LogP contribution in [0.4, 0.5) is 11.4 Å². The van der Waals surface area contributed by atoms with Crippen molar-refractivity contribution in [2.45, 2.75) is 0 Å². The number of rotatable bonds is 6. The van der Waals surface area contributed by atoms with Crippen molar-refractivity contribution in [1.82, 2.24) is 0 Å². The minimum absolute atomic E-state index is 0. The van der Waals surface area contributed by atoms with E-state index in [1.165, 1.54) is 0 Å². The summed E-state index contributed by atoms with van der Waals surface area (Å²) < 4.78 is 0. The zero-order chi connectivity index (χ0) is 19.9. The predicted octanol–water partition coefficient (Wildman–Crippen LogP) is 5.88. The summed E-state index contributed by atoms with van der Waals surface area (Å²) in [6.45, 7) is 7.47. The summed E-state index contributed by atoms with van der Waals surface area (Å²) in [4.78, 5) is 8.94. The number of phenolic OH excluding ortho intramolecular Hbond substituents is 2. The maximum absolute atomic E-state index is 10.0. The Labute approximate surface area is 184 Å². The fourth-order valence-electron chi connectivity index (χ4n) is 2.57. The molecule has 0 unspecified atom stereocenters. The number of hydrogen-bond donors (Lipinski definition) is 2. The second-order valence-corrected chi connectivity index (χ2v) is 6.05.